The van der Waals surface area contributed by atoms with E-state index in [-0.39, 0.29) is 0 Å². The number of nitrogen functional groups attached to an aromatic ring is 1. The van der Waals surface area contributed by atoms with E-state index in [9.17, 15) is 0 Å². The molecular formula is C14H18N4O. The lowest BCUT2D eigenvalue weighted by molar-refractivity contribution is 0.340. The summed E-state index contributed by atoms with van der Waals surface area (Å²) in [6.07, 6.45) is 1.08. The van der Waals surface area contributed by atoms with Crippen molar-refractivity contribution in [2.75, 3.05) is 24.2 Å². The number of rotatable bonds is 3. The van der Waals surface area contributed by atoms with Gasteiger partial charge < -0.3 is 15.8 Å². The fraction of sp³-hybridized carbons (Fsp3) is 0.357. The quantitative estimate of drug-likeness (QED) is 0.887. The van der Waals surface area contributed by atoms with Crippen LogP contribution in [0, 0.1) is 0 Å². The molecule has 3 rings (SSSR count). The van der Waals surface area contributed by atoms with Crippen molar-refractivity contribution < 1.29 is 4.74 Å². The summed E-state index contributed by atoms with van der Waals surface area (Å²) in [7, 11) is 0. The first kappa shape index (κ1) is 11.9. The average molecular weight is 258 g/mol. The molecule has 5 heteroatoms. The second-order valence-electron chi connectivity index (χ2n) is 4.56. The van der Waals surface area contributed by atoms with Crippen LogP contribution in [0.4, 0.5) is 11.8 Å². The minimum Gasteiger partial charge on any atom is -0.494 e. The summed E-state index contributed by atoms with van der Waals surface area (Å²) in [6, 6.07) is 7.89. The zero-order valence-electron chi connectivity index (χ0n) is 11.0. The van der Waals surface area contributed by atoms with Gasteiger partial charge in [0.2, 0.25) is 5.95 Å². The lowest BCUT2D eigenvalue weighted by Crippen LogP contribution is -2.18. The Hall–Kier alpha value is -2.17. The minimum absolute atomic E-state index is 0.671. The number of anilines is 2. The largest absolute Gasteiger partial charge is 0.494 e. The van der Waals surface area contributed by atoms with Gasteiger partial charge in [-0.2, -0.15) is 0 Å². The van der Waals surface area contributed by atoms with E-state index in [2.05, 4.69) is 10.3 Å². The molecule has 0 unspecified atom stereocenters. The maximum absolute atomic E-state index is 6.18. The van der Waals surface area contributed by atoms with Crippen molar-refractivity contribution in [3.63, 3.8) is 0 Å². The van der Waals surface area contributed by atoms with Crippen LogP contribution in [0.25, 0.3) is 11.3 Å². The highest BCUT2D eigenvalue weighted by Crippen LogP contribution is 2.31. The number of benzene rings is 1. The van der Waals surface area contributed by atoms with Gasteiger partial charge in [0.15, 0.2) is 0 Å². The van der Waals surface area contributed by atoms with Gasteiger partial charge in [0, 0.05) is 18.7 Å². The highest BCUT2D eigenvalue weighted by Gasteiger charge is 2.18. The summed E-state index contributed by atoms with van der Waals surface area (Å²) < 4.78 is 7.48. The molecule has 0 saturated carbocycles. The zero-order chi connectivity index (χ0) is 13.2. The molecule has 2 aromatic rings. The first-order chi connectivity index (χ1) is 9.29. The van der Waals surface area contributed by atoms with Gasteiger partial charge in [-0.15, -0.1) is 0 Å². The van der Waals surface area contributed by atoms with E-state index >= 15 is 0 Å². The third kappa shape index (κ3) is 2.12. The fourth-order valence-corrected chi connectivity index (χ4v) is 2.35. The molecule has 1 aliphatic rings. The molecule has 1 aromatic heterocycles. The van der Waals surface area contributed by atoms with Gasteiger partial charge in [-0.05, 0) is 37.6 Å². The lowest BCUT2D eigenvalue weighted by Gasteiger charge is -2.15. The number of nitrogens with zero attached hydrogens (tertiary/aromatic N) is 2. The van der Waals surface area contributed by atoms with Crippen LogP contribution in [0.1, 0.15) is 13.3 Å². The Labute approximate surface area is 112 Å². The highest BCUT2D eigenvalue weighted by atomic mass is 16.5. The van der Waals surface area contributed by atoms with Crippen molar-refractivity contribution in [3.05, 3.63) is 24.3 Å². The van der Waals surface area contributed by atoms with Crippen LogP contribution in [-0.2, 0) is 6.54 Å². The van der Waals surface area contributed by atoms with Crippen molar-refractivity contribution in [3.8, 4) is 17.0 Å². The van der Waals surface area contributed by atoms with E-state index in [4.69, 9.17) is 10.5 Å². The first-order valence-corrected chi connectivity index (χ1v) is 6.62. The molecule has 0 atom stereocenters. The molecule has 5 nitrogen and oxygen atoms in total. The van der Waals surface area contributed by atoms with E-state index in [1.807, 2.05) is 35.8 Å². The molecule has 3 N–H and O–H groups in total. The normalized spacial score (nSPS) is 13.7. The summed E-state index contributed by atoms with van der Waals surface area (Å²) in [5.41, 5.74) is 8.04. The van der Waals surface area contributed by atoms with Crippen LogP contribution in [-0.4, -0.2) is 22.7 Å². The monoisotopic (exact) mass is 258 g/mol. The molecule has 0 saturated heterocycles. The number of fused-ring (bicyclic) bond motifs is 1. The molecule has 19 heavy (non-hydrogen) atoms. The molecule has 0 aliphatic carbocycles. The zero-order valence-corrected chi connectivity index (χ0v) is 11.0. The van der Waals surface area contributed by atoms with Gasteiger partial charge in [-0.3, -0.25) is 4.57 Å². The molecule has 0 spiro atoms. The van der Waals surface area contributed by atoms with Crippen molar-refractivity contribution >= 4 is 11.8 Å². The van der Waals surface area contributed by atoms with Crippen LogP contribution in [0.2, 0.25) is 0 Å². The maximum Gasteiger partial charge on any atom is 0.205 e. The van der Waals surface area contributed by atoms with Gasteiger partial charge in [-0.25, -0.2) is 4.98 Å². The second-order valence-corrected chi connectivity index (χ2v) is 4.56. The predicted molar refractivity (Wildman–Crippen MR) is 76.4 cm³/mol. The summed E-state index contributed by atoms with van der Waals surface area (Å²) in [5.74, 6) is 2.46. The van der Waals surface area contributed by atoms with Gasteiger partial charge >= 0.3 is 0 Å². The SMILES string of the molecule is CCOc1ccc(-c2nc3n(c2N)CCCN3)cc1. The maximum atomic E-state index is 6.18. The van der Waals surface area contributed by atoms with Crippen LogP contribution in [0.15, 0.2) is 24.3 Å². The molecule has 1 aliphatic heterocycles. The van der Waals surface area contributed by atoms with E-state index < -0.39 is 0 Å². The standard InChI is InChI=1S/C14H18N4O/c1-2-19-11-6-4-10(5-7-11)12-13(15)18-9-3-8-16-14(18)17-12/h4-7H,2-3,8-9,15H2,1H3,(H,16,17). The smallest absolute Gasteiger partial charge is 0.205 e. The number of nitrogens with two attached hydrogens (primary N) is 1. The Morgan fingerprint density at radius 2 is 2.16 bits per heavy atom. The Morgan fingerprint density at radius 3 is 2.84 bits per heavy atom. The van der Waals surface area contributed by atoms with Crippen molar-refractivity contribution in [1.29, 1.82) is 0 Å². The number of aromatic nitrogens is 2. The molecule has 0 fully saturated rings. The minimum atomic E-state index is 0.671. The van der Waals surface area contributed by atoms with Gasteiger partial charge in [-0.1, -0.05) is 0 Å². The Kier molecular flexibility index (Phi) is 3.03. The molecular weight excluding hydrogens is 240 g/mol. The highest BCUT2D eigenvalue weighted by molar-refractivity contribution is 5.73. The number of nitrogens with one attached hydrogen (secondary N) is 1. The third-order valence-corrected chi connectivity index (χ3v) is 3.29. The van der Waals surface area contributed by atoms with Gasteiger partial charge in [0.05, 0.1) is 6.61 Å². The molecule has 0 amide bonds. The lowest BCUT2D eigenvalue weighted by atomic mass is 10.1. The summed E-state index contributed by atoms with van der Waals surface area (Å²) in [5, 5.41) is 3.27. The Bertz CT molecular complexity index is 574. The number of hydrogen-bond acceptors (Lipinski definition) is 4. The van der Waals surface area contributed by atoms with Crippen molar-refractivity contribution in [2.45, 2.75) is 19.9 Å². The summed E-state index contributed by atoms with van der Waals surface area (Å²) in [6.45, 7) is 4.53. The van der Waals surface area contributed by atoms with Crippen LogP contribution in [0.3, 0.4) is 0 Å². The third-order valence-electron chi connectivity index (χ3n) is 3.29. The van der Waals surface area contributed by atoms with E-state index in [0.717, 1.165) is 48.3 Å². The number of hydrogen-bond donors (Lipinski definition) is 2. The van der Waals surface area contributed by atoms with E-state index in [1.54, 1.807) is 0 Å². The summed E-state index contributed by atoms with van der Waals surface area (Å²) >= 11 is 0. The van der Waals surface area contributed by atoms with Crippen LogP contribution in [0.5, 0.6) is 5.75 Å². The van der Waals surface area contributed by atoms with Crippen LogP contribution >= 0.6 is 0 Å². The Morgan fingerprint density at radius 1 is 1.37 bits per heavy atom. The van der Waals surface area contributed by atoms with Gasteiger partial charge in [0.1, 0.15) is 17.3 Å². The molecule has 100 valence electrons. The number of ether oxygens (including phenoxy) is 1. The average Bonchev–Trinajstić information content (AvgIpc) is 2.78. The van der Waals surface area contributed by atoms with E-state index in [1.165, 1.54) is 0 Å². The number of imidazole rings is 1. The van der Waals surface area contributed by atoms with Crippen LogP contribution < -0.4 is 15.8 Å². The molecule has 0 bridgehead atoms. The van der Waals surface area contributed by atoms with E-state index in [0.29, 0.717) is 6.61 Å². The first-order valence-electron chi connectivity index (χ1n) is 6.62. The second kappa shape index (κ2) is 4.84. The topological polar surface area (TPSA) is 65.1 Å². The molecule has 2 heterocycles. The molecule has 1 aromatic carbocycles. The fourth-order valence-electron chi connectivity index (χ4n) is 2.35. The predicted octanol–water partition coefficient (Wildman–Crippen LogP) is 2.35. The van der Waals surface area contributed by atoms with Crippen molar-refractivity contribution in [2.24, 2.45) is 0 Å². The molecule has 0 radical (unpaired) electrons. The van der Waals surface area contributed by atoms with Crippen molar-refractivity contribution in [1.82, 2.24) is 9.55 Å². The van der Waals surface area contributed by atoms with Gasteiger partial charge in [0.25, 0.3) is 0 Å². The Balaban J connectivity index is 1.95. The summed E-state index contributed by atoms with van der Waals surface area (Å²) in [4.78, 5) is 4.58.